The first kappa shape index (κ1) is 11.4. The molecule has 0 aromatic carbocycles. The molecule has 1 heterocycles. The largest absolute Gasteiger partial charge is 0.574 e. The van der Waals surface area contributed by atoms with Crippen LogP contribution >= 0.6 is 27.5 Å². The van der Waals surface area contributed by atoms with E-state index in [-0.39, 0.29) is 9.50 Å². The summed E-state index contributed by atoms with van der Waals surface area (Å²) in [5, 5.41) is -0.159. The molecule has 0 amide bonds. The van der Waals surface area contributed by atoms with Crippen molar-refractivity contribution in [1.29, 1.82) is 0 Å². The number of H-pyrrole nitrogens is 1. The van der Waals surface area contributed by atoms with E-state index in [0.29, 0.717) is 0 Å². The molecule has 0 aliphatic carbocycles. The standard InChI is InChI=1S/C6H2BrClF3NO2/c7-4-2(8)1-3(12-5(4)13)14-6(9,10)11/h1H,(H,12,13). The van der Waals surface area contributed by atoms with Crippen LogP contribution in [0, 0.1) is 0 Å². The van der Waals surface area contributed by atoms with Gasteiger partial charge in [-0.3, -0.25) is 9.78 Å². The van der Waals surface area contributed by atoms with Crippen molar-refractivity contribution >= 4 is 27.5 Å². The first-order chi connectivity index (χ1) is 6.29. The molecule has 0 spiro atoms. The number of hydrogen-bond acceptors (Lipinski definition) is 2. The summed E-state index contributed by atoms with van der Waals surface area (Å²) in [5.74, 6) is -0.754. The van der Waals surface area contributed by atoms with Crippen molar-refractivity contribution < 1.29 is 17.9 Å². The van der Waals surface area contributed by atoms with Crippen LogP contribution in [0.15, 0.2) is 15.3 Å². The highest BCUT2D eigenvalue weighted by Gasteiger charge is 2.31. The molecule has 0 unspecified atom stereocenters. The van der Waals surface area contributed by atoms with E-state index >= 15 is 0 Å². The minimum atomic E-state index is -4.86. The van der Waals surface area contributed by atoms with Crippen molar-refractivity contribution in [3.05, 3.63) is 25.9 Å². The van der Waals surface area contributed by atoms with Gasteiger partial charge in [0, 0.05) is 6.07 Å². The lowest BCUT2D eigenvalue weighted by atomic mass is 10.5. The van der Waals surface area contributed by atoms with E-state index in [0.717, 1.165) is 6.07 Å². The van der Waals surface area contributed by atoms with Gasteiger partial charge in [0.25, 0.3) is 5.56 Å². The minimum Gasteiger partial charge on any atom is -0.390 e. The molecule has 0 saturated carbocycles. The van der Waals surface area contributed by atoms with Gasteiger partial charge in [0.15, 0.2) is 0 Å². The van der Waals surface area contributed by atoms with Gasteiger partial charge in [0.05, 0.1) is 5.02 Å². The smallest absolute Gasteiger partial charge is 0.390 e. The van der Waals surface area contributed by atoms with Gasteiger partial charge in [-0.2, -0.15) is 0 Å². The number of nitrogens with one attached hydrogen (secondary N) is 1. The normalized spacial score (nSPS) is 11.5. The zero-order valence-electron chi connectivity index (χ0n) is 6.28. The summed E-state index contributed by atoms with van der Waals surface area (Å²) >= 11 is 8.21. The molecule has 1 aromatic rings. The van der Waals surface area contributed by atoms with E-state index in [1.165, 1.54) is 0 Å². The molecule has 0 bridgehead atoms. The van der Waals surface area contributed by atoms with Gasteiger partial charge in [-0.25, -0.2) is 0 Å². The molecule has 8 heteroatoms. The zero-order valence-corrected chi connectivity index (χ0v) is 8.63. The van der Waals surface area contributed by atoms with Gasteiger partial charge in [0.2, 0.25) is 5.88 Å². The monoisotopic (exact) mass is 291 g/mol. The molecular formula is C6H2BrClF3NO2. The Bertz CT molecular complexity index is 403. The fourth-order valence-electron chi connectivity index (χ4n) is 0.669. The van der Waals surface area contributed by atoms with Crippen molar-refractivity contribution in [2.75, 3.05) is 0 Å². The Morgan fingerprint density at radius 2 is 2.07 bits per heavy atom. The average Bonchev–Trinajstić information content (AvgIpc) is 1.96. The van der Waals surface area contributed by atoms with E-state index in [2.05, 4.69) is 20.7 Å². The number of ether oxygens (including phenoxy) is 1. The summed E-state index contributed by atoms with van der Waals surface area (Å²) in [5.41, 5.74) is -0.795. The second-order valence-electron chi connectivity index (χ2n) is 2.17. The van der Waals surface area contributed by atoms with E-state index < -0.39 is 17.8 Å². The Hall–Kier alpha value is -0.690. The van der Waals surface area contributed by atoms with Gasteiger partial charge in [-0.15, -0.1) is 13.2 Å². The lowest BCUT2D eigenvalue weighted by Gasteiger charge is -2.08. The van der Waals surface area contributed by atoms with Crippen molar-refractivity contribution in [2.45, 2.75) is 6.36 Å². The zero-order chi connectivity index (χ0) is 10.9. The molecular weight excluding hydrogens is 290 g/mol. The number of halogens is 5. The highest BCUT2D eigenvalue weighted by Crippen LogP contribution is 2.25. The van der Waals surface area contributed by atoms with Crippen molar-refractivity contribution in [2.24, 2.45) is 0 Å². The molecule has 3 nitrogen and oxygen atoms in total. The van der Waals surface area contributed by atoms with Crippen molar-refractivity contribution in [3.63, 3.8) is 0 Å². The second-order valence-corrected chi connectivity index (χ2v) is 3.37. The number of alkyl halides is 3. The van der Waals surface area contributed by atoms with Crippen LogP contribution in [0.1, 0.15) is 0 Å². The number of pyridine rings is 1. The Labute approximate surface area is 89.0 Å². The number of aromatic nitrogens is 1. The maximum Gasteiger partial charge on any atom is 0.574 e. The van der Waals surface area contributed by atoms with Crippen LogP contribution in [-0.2, 0) is 0 Å². The third-order valence-corrected chi connectivity index (χ3v) is 2.44. The Morgan fingerprint density at radius 3 is 2.50 bits per heavy atom. The summed E-state index contributed by atoms with van der Waals surface area (Å²) in [6.07, 6.45) is -4.86. The van der Waals surface area contributed by atoms with Crippen molar-refractivity contribution in [1.82, 2.24) is 4.98 Å². The second kappa shape index (κ2) is 3.82. The van der Waals surface area contributed by atoms with Gasteiger partial charge in [-0.05, 0) is 15.9 Å². The molecule has 0 atom stereocenters. The summed E-state index contributed by atoms with van der Waals surface area (Å²) in [7, 11) is 0. The molecule has 0 aliphatic rings. The highest BCUT2D eigenvalue weighted by molar-refractivity contribution is 9.10. The maximum absolute atomic E-state index is 11.7. The van der Waals surface area contributed by atoms with Crippen LogP contribution in [0.4, 0.5) is 13.2 Å². The fraction of sp³-hybridized carbons (Fsp3) is 0.167. The van der Waals surface area contributed by atoms with Crippen LogP contribution in [0.25, 0.3) is 0 Å². The molecule has 0 radical (unpaired) electrons. The summed E-state index contributed by atoms with van der Waals surface area (Å²) in [4.78, 5) is 12.8. The molecule has 14 heavy (non-hydrogen) atoms. The summed E-state index contributed by atoms with van der Waals surface area (Å²) in [6, 6.07) is 0.848. The van der Waals surface area contributed by atoms with Gasteiger partial charge >= 0.3 is 6.36 Å². The van der Waals surface area contributed by atoms with Crippen LogP contribution in [0.2, 0.25) is 5.02 Å². The van der Waals surface area contributed by atoms with Gasteiger partial charge < -0.3 is 4.74 Å². The minimum absolute atomic E-state index is 0.0475. The number of aromatic amines is 1. The predicted molar refractivity (Wildman–Crippen MR) is 46.5 cm³/mol. The van der Waals surface area contributed by atoms with Crippen LogP contribution in [0.5, 0.6) is 5.88 Å². The first-order valence-corrected chi connectivity index (χ1v) is 4.31. The van der Waals surface area contributed by atoms with E-state index in [4.69, 9.17) is 11.6 Å². The fourth-order valence-corrected chi connectivity index (χ4v) is 1.07. The SMILES string of the molecule is O=c1[nH]c(OC(F)(F)F)cc(Cl)c1Br. The van der Waals surface area contributed by atoms with Crippen LogP contribution in [0.3, 0.4) is 0 Å². The average molecular weight is 292 g/mol. The van der Waals surface area contributed by atoms with Gasteiger partial charge in [-0.1, -0.05) is 11.6 Å². The Kier molecular flexibility index (Phi) is 3.10. The number of hydrogen-bond donors (Lipinski definition) is 1. The van der Waals surface area contributed by atoms with Crippen molar-refractivity contribution in [3.8, 4) is 5.88 Å². The molecule has 1 rings (SSSR count). The molecule has 1 aromatic heterocycles. The third kappa shape index (κ3) is 2.91. The van der Waals surface area contributed by atoms with E-state index in [1.807, 2.05) is 4.98 Å². The van der Waals surface area contributed by atoms with Gasteiger partial charge in [0.1, 0.15) is 4.47 Å². The van der Waals surface area contributed by atoms with E-state index in [9.17, 15) is 18.0 Å². The lowest BCUT2D eigenvalue weighted by Crippen LogP contribution is -2.20. The molecule has 0 saturated heterocycles. The maximum atomic E-state index is 11.7. The summed E-state index contributed by atoms with van der Waals surface area (Å²) < 4.78 is 38.5. The molecule has 1 N–H and O–H groups in total. The third-order valence-electron chi connectivity index (χ3n) is 1.13. The molecule has 78 valence electrons. The number of rotatable bonds is 1. The predicted octanol–water partition coefficient (Wildman–Crippen LogP) is 2.69. The first-order valence-electron chi connectivity index (χ1n) is 3.13. The van der Waals surface area contributed by atoms with Crippen LogP contribution in [-0.4, -0.2) is 11.3 Å². The van der Waals surface area contributed by atoms with Crippen LogP contribution < -0.4 is 10.3 Å². The lowest BCUT2D eigenvalue weighted by molar-refractivity contribution is -0.276. The Balaban J connectivity index is 3.08. The Morgan fingerprint density at radius 1 is 1.50 bits per heavy atom. The quantitative estimate of drug-likeness (QED) is 0.864. The topological polar surface area (TPSA) is 42.1 Å². The molecule has 0 aliphatic heterocycles. The molecule has 0 fully saturated rings. The summed E-state index contributed by atoms with van der Waals surface area (Å²) in [6.45, 7) is 0. The van der Waals surface area contributed by atoms with E-state index in [1.54, 1.807) is 0 Å². The highest BCUT2D eigenvalue weighted by atomic mass is 79.9.